The van der Waals surface area contributed by atoms with E-state index in [1.807, 2.05) is 42.5 Å². The highest BCUT2D eigenvalue weighted by Crippen LogP contribution is 2.24. The lowest BCUT2D eigenvalue weighted by Crippen LogP contribution is -2.43. The molecule has 7 nitrogen and oxygen atoms in total. The molecule has 2 N–H and O–H groups in total. The second-order valence-electron chi connectivity index (χ2n) is 7.24. The summed E-state index contributed by atoms with van der Waals surface area (Å²) >= 11 is 0. The van der Waals surface area contributed by atoms with Gasteiger partial charge in [0.1, 0.15) is 5.75 Å². The summed E-state index contributed by atoms with van der Waals surface area (Å²) in [6.45, 7) is 3.34. The molecule has 0 spiro atoms. The van der Waals surface area contributed by atoms with Gasteiger partial charge in [0.15, 0.2) is 0 Å². The topological polar surface area (TPSA) is 83.7 Å². The van der Waals surface area contributed by atoms with Crippen molar-refractivity contribution in [3.05, 3.63) is 76.1 Å². The molecule has 3 aromatic rings. The van der Waals surface area contributed by atoms with Gasteiger partial charge in [0.2, 0.25) is 5.56 Å². The summed E-state index contributed by atoms with van der Waals surface area (Å²) in [5, 5.41) is 3.76. The summed E-state index contributed by atoms with van der Waals surface area (Å²) in [5.74, 6) is 0.530. The van der Waals surface area contributed by atoms with E-state index in [-0.39, 0.29) is 17.5 Å². The molecular formula is C23H25N3O4. The van der Waals surface area contributed by atoms with E-state index in [1.165, 1.54) is 6.07 Å². The van der Waals surface area contributed by atoms with Crippen molar-refractivity contribution in [2.45, 2.75) is 6.04 Å². The summed E-state index contributed by atoms with van der Waals surface area (Å²) in [6, 6.07) is 16.6. The van der Waals surface area contributed by atoms with E-state index in [9.17, 15) is 9.59 Å². The maximum atomic E-state index is 13.0. The second kappa shape index (κ2) is 9.11. The number of morpholine rings is 1. The van der Waals surface area contributed by atoms with Gasteiger partial charge in [-0.05, 0) is 23.8 Å². The van der Waals surface area contributed by atoms with Gasteiger partial charge >= 0.3 is 0 Å². The van der Waals surface area contributed by atoms with E-state index in [2.05, 4.69) is 15.2 Å². The molecule has 1 saturated heterocycles. The van der Waals surface area contributed by atoms with Gasteiger partial charge in [-0.25, -0.2) is 0 Å². The van der Waals surface area contributed by atoms with E-state index in [0.717, 1.165) is 29.8 Å². The van der Waals surface area contributed by atoms with Gasteiger partial charge < -0.3 is 19.8 Å². The average molecular weight is 407 g/mol. The Labute approximate surface area is 174 Å². The van der Waals surface area contributed by atoms with Crippen LogP contribution in [0.4, 0.5) is 0 Å². The molecular weight excluding hydrogens is 382 g/mol. The molecule has 0 unspecified atom stereocenters. The highest BCUT2D eigenvalue weighted by Gasteiger charge is 2.24. The zero-order chi connectivity index (χ0) is 20.9. The molecule has 2 heterocycles. The molecule has 1 aliphatic heterocycles. The third-order valence-electron chi connectivity index (χ3n) is 5.44. The Bertz CT molecular complexity index is 1070. The summed E-state index contributed by atoms with van der Waals surface area (Å²) in [6.07, 6.45) is 0. The van der Waals surface area contributed by atoms with Crippen molar-refractivity contribution in [3.8, 4) is 5.75 Å². The lowest BCUT2D eigenvalue weighted by molar-refractivity contribution is 0.0162. The van der Waals surface area contributed by atoms with Crippen molar-refractivity contribution in [1.29, 1.82) is 0 Å². The van der Waals surface area contributed by atoms with Crippen LogP contribution in [-0.4, -0.2) is 55.7 Å². The fourth-order valence-electron chi connectivity index (χ4n) is 3.85. The number of H-pyrrole nitrogens is 1. The van der Waals surface area contributed by atoms with Crippen molar-refractivity contribution in [1.82, 2.24) is 15.2 Å². The van der Waals surface area contributed by atoms with Crippen LogP contribution in [0, 0.1) is 0 Å². The van der Waals surface area contributed by atoms with Gasteiger partial charge in [0.25, 0.3) is 5.91 Å². The van der Waals surface area contributed by atoms with Crippen LogP contribution in [0.3, 0.4) is 0 Å². The van der Waals surface area contributed by atoms with Gasteiger partial charge in [-0.15, -0.1) is 0 Å². The Morgan fingerprint density at radius 3 is 2.63 bits per heavy atom. The Morgan fingerprint density at radius 1 is 1.17 bits per heavy atom. The average Bonchev–Trinajstić information content (AvgIpc) is 2.79. The number of benzene rings is 2. The highest BCUT2D eigenvalue weighted by molar-refractivity contribution is 6.05. The van der Waals surface area contributed by atoms with E-state index >= 15 is 0 Å². The number of nitrogens with zero attached hydrogens (tertiary/aromatic N) is 1. The number of hydrogen-bond donors (Lipinski definition) is 2. The Morgan fingerprint density at radius 2 is 1.90 bits per heavy atom. The number of carbonyl (C=O) groups excluding carboxylic acids is 1. The van der Waals surface area contributed by atoms with Crippen LogP contribution in [-0.2, 0) is 4.74 Å². The summed E-state index contributed by atoms with van der Waals surface area (Å²) in [7, 11) is 1.64. The van der Waals surface area contributed by atoms with Crippen molar-refractivity contribution >= 4 is 16.8 Å². The minimum absolute atomic E-state index is 0.00276. The third kappa shape index (κ3) is 4.37. The van der Waals surface area contributed by atoms with Crippen LogP contribution >= 0.6 is 0 Å². The minimum Gasteiger partial charge on any atom is -0.497 e. The number of methoxy groups -OCH3 is 1. The number of aromatic amines is 1. The van der Waals surface area contributed by atoms with Gasteiger partial charge in [0.05, 0.1) is 31.9 Å². The predicted octanol–water partition coefficient (Wildman–Crippen LogP) is 2.34. The van der Waals surface area contributed by atoms with E-state index in [0.29, 0.717) is 30.8 Å². The molecule has 1 aromatic heterocycles. The molecule has 7 heteroatoms. The number of aromatic nitrogens is 1. The number of para-hydroxylation sites is 1. The molecule has 4 rings (SSSR count). The molecule has 0 aliphatic carbocycles. The fraction of sp³-hybridized carbons (Fsp3) is 0.304. The molecule has 2 aromatic carbocycles. The van der Waals surface area contributed by atoms with E-state index < -0.39 is 0 Å². The predicted molar refractivity (Wildman–Crippen MR) is 115 cm³/mol. The number of fused-ring (bicyclic) bond motifs is 1. The SMILES string of the molecule is COc1ccc([C@@H](CNC(=O)c2cc(=O)[nH]c3ccccc23)N2CCOCC2)cc1. The first-order chi connectivity index (χ1) is 14.7. The Hall–Kier alpha value is -3.16. The van der Waals surface area contributed by atoms with Gasteiger partial charge in [-0.2, -0.15) is 0 Å². The monoisotopic (exact) mass is 407 g/mol. The second-order valence-corrected chi connectivity index (χ2v) is 7.24. The zero-order valence-electron chi connectivity index (χ0n) is 16.9. The molecule has 1 amide bonds. The van der Waals surface area contributed by atoms with Crippen molar-refractivity contribution in [2.75, 3.05) is 40.0 Å². The molecule has 1 atom stereocenters. The van der Waals surface area contributed by atoms with Crippen LogP contribution in [0.25, 0.3) is 10.9 Å². The Balaban J connectivity index is 1.57. The standard InChI is InChI=1S/C23H25N3O4/c1-29-17-8-6-16(7-9-17)21(26-10-12-30-13-11-26)15-24-23(28)19-14-22(27)25-20-5-3-2-4-18(19)20/h2-9,14,21H,10-13,15H2,1H3,(H,24,28)(H,25,27)/t21-/m1/s1. The summed E-state index contributed by atoms with van der Waals surface area (Å²) in [5.41, 5.74) is 1.83. The lowest BCUT2D eigenvalue weighted by atomic mass is 10.0. The first-order valence-corrected chi connectivity index (χ1v) is 10.0. The quantitative estimate of drug-likeness (QED) is 0.655. The highest BCUT2D eigenvalue weighted by atomic mass is 16.5. The van der Waals surface area contributed by atoms with Crippen LogP contribution < -0.4 is 15.6 Å². The summed E-state index contributed by atoms with van der Waals surface area (Å²) < 4.78 is 10.8. The third-order valence-corrected chi connectivity index (χ3v) is 5.44. The maximum absolute atomic E-state index is 13.0. The molecule has 0 radical (unpaired) electrons. The van der Waals surface area contributed by atoms with Crippen LogP contribution in [0.5, 0.6) is 5.75 Å². The van der Waals surface area contributed by atoms with Gasteiger partial charge in [-0.3, -0.25) is 14.5 Å². The fourth-order valence-corrected chi connectivity index (χ4v) is 3.85. The van der Waals surface area contributed by atoms with E-state index in [4.69, 9.17) is 9.47 Å². The maximum Gasteiger partial charge on any atom is 0.252 e. The number of hydrogen-bond acceptors (Lipinski definition) is 5. The molecule has 156 valence electrons. The number of ether oxygens (including phenoxy) is 2. The largest absolute Gasteiger partial charge is 0.497 e. The molecule has 1 aliphatic rings. The minimum atomic E-state index is -0.293. The first kappa shape index (κ1) is 20.1. The number of pyridine rings is 1. The van der Waals surface area contributed by atoms with E-state index in [1.54, 1.807) is 13.2 Å². The van der Waals surface area contributed by atoms with Crippen LogP contribution in [0.15, 0.2) is 59.4 Å². The number of nitrogens with one attached hydrogen (secondary N) is 2. The number of rotatable bonds is 6. The van der Waals surface area contributed by atoms with Crippen molar-refractivity contribution < 1.29 is 14.3 Å². The lowest BCUT2D eigenvalue weighted by Gasteiger charge is -2.35. The van der Waals surface area contributed by atoms with Crippen LogP contribution in [0.1, 0.15) is 22.0 Å². The molecule has 0 saturated carbocycles. The number of carbonyl (C=O) groups is 1. The molecule has 30 heavy (non-hydrogen) atoms. The van der Waals surface area contributed by atoms with Crippen molar-refractivity contribution in [2.24, 2.45) is 0 Å². The Kier molecular flexibility index (Phi) is 6.11. The first-order valence-electron chi connectivity index (χ1n) is 10.0. The zero-order valence-corrected chi connectivity index (χ0v) is 16.9. The number of amides is 1. The molecule has 1 fully saturated rings. The van der Waals surface area contributed by atoms with Gasteiger partial charge in [0, 0.05) is 36.6 Å². The molecule has 0 bridgehead atoms. The van der Waals surface area contributed by atoms with Gasteiger partial charge in [-0.1, -0.05) is 30.3 Å². The normalized spacial score (nSPS) is 15.6. The smallest absolute Gasteiger partial charge is 0.252 e. The van der Waals surface area contributed by atoms with Crippen LogP contribution in [0.2, 0.25) is 0 Å². The summed E-state index contributed by atoms with van der Waals surface area (Å²) in [4.78, 5) is 30.1. The van der Waals surface area contributed by atoms with Crippen molar-refractivity contribution in [3.63, 3.8) is 0 Å².